The standard InChI is InChI=1S/C18H20N2O3/c1-3-20(15-10-5-4-6-11-15)18(22)17(21)19-13-14-9-7-8-12-16(14)23-2/h4-12H,3,13H2,1-2H3,(H,19,21). The number of methoxy groups -OCH3 is 1. The van der Waals surface area contributed by atoms with Crippen molar-refractivity contribution in [1.29, 1.82) is 0 Å². The van der Waals surface area contributed by atoms with Crippen molar-refractivity contribution in [3.63, 3.8) is 0 Å². The molecule has 2 amide bonds. The van der Waals surface area contributed by atoms with Crippen molar-refractivity contribution in [1.82, 2.24) is 5.32 Å². The zero-order valence-corrected chi connectivity index (χ0v) is 13.3. The molecule has 0 aliphatic carbocycles. The monoisotopic (exact) mass is 312 g/mol. The number of ether oxygens (including phenoxy) is 1. The lowest BCUT2D eigenvalue weighted by Gasteiger charge is -2.20. The summed E-state index contributed by atoms with van der Waals surface area (Å²) in [7, 11) is 1.57. The van der Waals surface area contributed by atoms with E-state index in [0.29, 0.717) is 18.0 Å². The number of benzene rings is 2. The Balaban J connectivity index is 2.03. The van der Waals surface area contributed by atoms with E-state index in [4.69, 9.17) is 4.74 Å². The quantitative estimate of drug-likeness (QED) is 0.862. The molecule has 0 aliphatic heterocycles. The smallest absolute Gasteiger partial charge is 0.316 e. The summed E-state index contributed by atoms with van der Waals surface area (Å²) in [6.45, 7) is 2.49. The fraction of sp³-hybridized carbons (Fsp3) is 0.222. The molecule has 120 valence electrons. The number of para-hydroxylation sites is 2. The second kappa shape index (κ2) is 7.98. The van der Waals surface area contributed by atoms with Crippen LogP contribution in [0.3, 0.4) is 0 Å². The topological polar surface area (TPSA) is 58.6 Å². The predicted octanol–water partition coefficient (Wildman–Crippen LogP) is 2.36. The van der Waals surface area contributed by atoms with Gasteiger partial charge in [0.25, 0.3) is 0 Å². The van der Waals surface area contributed by atoms with Crippen molar-refractivity contribution >= 4 is 17.5 Å². The highest BCUT2D eigenvalue weighted by molar-refractivity contribution is 6.40. The van der Waals surface area contributed by atoms with Crippen LogP contribution in [0.1, 0.15) is 12.5 Å². The minimum absolute atomic E-state index is 0.237. The second-order valence-electron chi connectivity index (χ2n) is 4.88. The summed E-state index contributed by atoms with van der Waals surface area (Å²) in [6.07, 6.45) is 0. The second-order valence-corrected chi connectivity index (χ2v) is 4.88. The number of amides is 2. The fourth-order valence-corrected chi connectivity index (χ4v) is 2.27. The van der Waals surface area contributed by atoms with Gasteiger partial charge < -0.3 is 15.0 Å². The van der Waals surface area contributed by atoms with Gasteiger partial charge in [0.05, 0.1) is 7.11 Å². The molecule has 0 unspecified atom stereocenters. The van der Waals surface area contributed by atoms with Crippen molar-refractivity contribution in [2.45, 2.75) is 13.5 Å². The van der Waals surface area contributed by atoms with Crippen LogP contribution in [0.15, 0.2) is 54.6 Å². The molecule has 0 saturated heterocycles. The maximum Gasteiger partial charge on any atom is 0.316 e. The van der Waals surface area contributed by atoms with Crippen LogP contribution in [-0.2, 0) is 16.1 Å². The first kappa shape index (κ1) is 16.5. The molecule has 0 bridgehead atoms. The Morgan fingerprint density at radius 1 is 1.04 bits per heavy atom. The summed E-state index contributed by atoms with van der Waals surface area (Å²) in [5, 5.41) is 2.65. The summed E-state index contributed by atoms with van der Waals surface area (Å²) in [4.78, 5) is 25.9. The van der Waals surface area contributed by atoms with Crippen LogP contribution < -0.4 is 15.0 Å². The van der Waals surface area contributed by atoms with Gasteiger partial charge in [-0.05, 0) is 25.1 Å². The number of hydrogen-bond acceptors (Lipinski definition) is 3. The lowest BCUT2D eigenvalue weighted by atomic mass is 10.2. The third-order valence-electron chi connectivity index (χ3n) is 3.46. The molecule has 0 saturated carbocycles. The maximum absolute atomic E-state index is 12.3. The highest BCUT2D eigenvalue weighted by Crippen LogP contribution is 2.17. The van der Waals surface area contributed by atoms with Crippen LogP contribution in [0, 0.1) is 0 Å². The molecule has 0 aliphatic rings. The molecular weight excluding hydrogens is 292 g/mol. The number of carbonyl (C=O) groups excluding carboxylic acids is 2. The molecule has 5 heteroatoms. The minimum atomic E-state index is -0.637. The van der Waals surface area contributed by atoms with Gasteiger partial charge in [0.15, 0.2) is 0 Å². The normalized spacial score (nSPS) is 10.0. The van der Waals surface area contributed by atoms with E-state index in [1.807, 2.05) is 49.4 Å². The van der Waals surface area contributed by atoms with E-state index >= 15 is 0 Å². The number of rotatable bonds is 5. The van der Waals surface area contributed by atoms with Crippen molar-refractivity contribution < 1.29 is 14.3 Å². The number of anilines is 1. The highest BCUT2D eigenvalue weighted by atomic mass is 16.5. The number of likely N-dealkylation sites (N-methyl/N-ethyl adjacent to an activating group) is 1. The molecule has 0 fully saturated rings. The first-order chi connectivity index (χ1) is 11.2. The van der Waals surface area contributed by atoms with E-state index in [1.54, 1.807) is 19.2 Å². The molecule has 2 rings (SSSR count). The Hall–Kier alpha value is -2.82. The Kier molecular flexibility index (Phi) is 5.74. The highest BCUT2D eigenvalue weighted by Gasteiger charge is 2.21. The molecule has 1 N–H and O–H groups in total. The van der Waals surface area contributed by atoms with E-state index in [-0.39, 0.29) is 6.54 Å². The van der Waals surface area contributed by atoms with E-state index in [1.165, 1.54) is 4.90 Å². The summed E-state index contributed by atoms with van der Waals surface area (Å²) < 4.78 is 5.23. The van der Waals surface area contributed by atoms with Gasteiger partial charge in [0.1, 0.15) is 5.75 Å². The van der Waals surface area contributed by atoms with Gasteiger partial charge in [0, 0.05) is 24.3 Å². The number of nitrogens with one attached hydrogen (secondary N) is 1. The average Bonchev–Trinajstić information content (AvgIpc) is 2.61. The van der Waals surface area contributed by atoms with E-state index in [0.717, 1.165) is 5.56 Å². The third-order valence-corrected chi connectivity index (χ3v) is 3.46. The van der Waals surface area contributed by atoms with Crippen molar-refractivity contribution in [2.75, 3.05) is 18.6 Å². The summed E-state index contributed by atoms with van der Waals surface area (Å²) in [5.74, 6) is -0.536. The van der Waals surface area contributed by atoms with Gasteiger partial charge in [-0.25, -0.2) is 0 Å². The maximum atomic E-state index is 12.3. The predicted molar refractivity (Wildman–Crippen MR) is 89.3 cm³/mol. The van der Waals surface area contributed by atoms with Gasteiger partial charge in [-0.1, -0.05) is 36.4 Å². The lowest BCUT2D eigenvalue weighted by Crippen LogP contribution is -2.42. The van der Waals surface area contributed by atoms with Crippen molar-refractivity contribution in [2.24, 2.45) is 0 Å². The summed E-state index contributed by atoms with van der Waals surface area (Å²) in [6, 6.07) is 16.5. The number of nitrogens with zero attached hydrogens (tertiary/aromatic N) is 1. The fourth-order valence-electron chi connectivity index (χ4n) is 2.27. The van der Waals surface area contributed by atoms with E-state index in [9.17, 15) is 9.59 Å². The largest absolute Gasteiger partial charge is 0.496 e. The SMILES string of the molecule is CCN(C(=O)C(=O)NCc1ccccc1OC)c1ccccc1. The Labute approximate surface area is 135 Å². The molecule has 0 aromatic heterocycles. The van der Waals surface area contributed by atoms with Gasteiger partial charge in [-0.3, -0.25) is 9.59 Å². The number of carbonyl (C=O) groups is 2. The van der Waals surface area contributed by atoms with Crippen LogP contribution >= 0.6 is 0 Å². The molecule has 23 heavy (non-hydrogen) atoms. The third kappa shape index (κ3) is 4.10. The van der Waals surface area contributed by atoms with Gasteiger partial charge in [-0.15, -0.1) is 0 Å². The first-order valence-corrected chi connectivity index (χ1v) is 7.44. The average molecular weight is 312 g/mol. The molecule has 5 nitrogen and oxygen atoms in total. The molecule has 0 heterocycles. The Bertz CT molecular complexity index is 671. The van der Waals surface area contributed by atoms with Crippen molar-refractivity contribution in [3.8, 4) is 5.75 Å². The van der Waals surface area contributed by atoms with E-state index < -0.39 is 11.8 Å². The Morgan fingerprint density at radius 3 is 2.35 bits per heavy atom. The van der Waals surface area contributed by atoms with Crippen LogP contribution in [0.2, 0.25) is 0 Å². The zero-order chi connectivity index (χ0) is 16.7. The molecule has 0 radical (unpaired) electrons. The Morgan fingerprint density at radius 2 is 1.70 bits per heavy atom. The minimum Gasteiger partial charge on any atom is -0.496 e. The molecule has 0 atom stereocenters. The van der Waals surface area contributed by atoms with Crippen LogP contribution in [0.4, 0.5) is 5.69 Å². The lowest BCUT2D eigenvalue weighted by molar-refractivity contribution is -0.137. The summed E-state index contributed by atoms with van der Waals surface area (Å²) in [5.41, 5.74) is 1.52. The van der Waals surface area contributed by atoms with E-state index in [2.05, 4.69) is 5.32 Å². The molecule has 2 aromatic rings. The van der Waals surface area contributed by atoms with Gasteiger partial charge >= 0.3 is 11.8 Å². The van der Waals surface area contributed by atoms with Crippen LogP contribution in [0.25, 0.3) is 0 Å². The number of hydrogen-bond donors (Lipinski definition) is 1. The van der Waals surface area contributed by atoms with Gasteiger partial charge in [-0.2, -0.15) is 0 Å². The molecule has 2 aromatic carbocycles. The first-order valence-electron chi connectivity index (χ1n) is 7.44. The summed E-state index contributed by atoms with van der Waals surface area (Å²) >= 11 is 0. The molecule has 0 spiro atoms. The molecular formula is C18H20N2O3. The van der Waals surface area contributed by atoms with Gasteiger partial charge in [0.2, 0.25) is 0 Å². The van der Waals surface area contributed by atoms with Crippen LogP contribution in [-0.4, -0.2) is 25.5 Å². The van der Waals surface area contributed by atoms with Crippen LogP contribution in [0.5, 0.6) is 5.75 Å². The van der Waals surface area contributed by atoms with Crippen molar-refractivity contribution in [3.05, 3.63) is 60.2 Å². The zero-order valence-electron chi connectivity index (χ0n) is 13.3.